The van der Waals surface area contributed by atoms with Crippen LogP contribution in [0.5, 0.6) is 0 Å². The molecule has 3 rings (SSSR count). The lowest BCUT2D eigenvalue weighted by Gasteiger charge is -2.06. The molecule has 0 amide bonds. The minimum absolute atomic E-state index is 0.0942. The quantitative estimate of drug-likeness (QED) is 0.893. The van der Waals surface area contributed by atoms with E-state index in [9.17, 15) is 4.79 Å². The van der Waals surface area contributed by atoms with Crippen molar-refractivity contribution >= 4 is 17.7 Å². The molecule has 2 aromatic rings. The lowest BCUT2D eigenvalue weighted by atomic mass is 10.1. The molecule has 0 saturated carbocycles. The lowest BCUT2D eigenvalue weighted by molar-refractivity contribution is -0.138. The largest absolute Gasteiger partial charge is 0.480 e. The first-order valence-corrected chi connectivity index (χ1v) is 6.34. The van der Waals surface area contributed by atoms with E-state index in [1.54, 1.807) is 11.8 Å². The van der Waals surface area contributed by atoms with Gasteiger partial charge in [0.2, 0.25) is 0 Å². The molecule has 1 aliphatic heterocycles. The summed E-state index contributed by atoms with van der Waals surface area (Å²) < 4.78 is 1.35. The fraction of sp³-hybridized carbons (Fsp3) is 0.273. The molecule has 0 spiro atoms. The number of aliphatic carboxylic acids is 1. The number of nitrogens with zero attached hydrogens (tertiary/aromatic N) is 4. The number of benzene rings is 1. The molecule has 0 aliphatic carbocycles. The topological polar surface area (TPSA) is 80.9 Å². The van der Waals surface area contributed by atoms with Crippen LogP contribution in [0.1, 0.15) is 16.6 Å². The number of aromatic nitrogens is 4. The summed E-state index contributed by atoms with van der Waals surface area (Å²) in [7, 11) is 0. The number of carbonyl (C=O) groups is 1. The van der Waals surface area contributed by atoms with Crippen molar-refractivity contribution in [2.45, 2.75) is 23.1 Å². The van der Waals surface area contributed by atoms with E-state index in [1.165, 1.54) is 15.1 Å². The SMILES string of the molecule is O=C(O)Cn1nnnc1C1Cc2ccccc2S1. The average Bonchev–Trinajstić information content (AvgIpc) is 2.93. The summed E-state index contributed by atoms with van der Waals surface area (Å²) >= 11 is 1.68. The van der Waals surface area contributed by atoms with Crippen molar-refractivity contribution in [3.63, 3.8) is 0 Å². The van der Waals surface area contributed by atoms with Gasteiger partial charge >= 0.3 is 5.97 Å². The van der Waals surface area contributed by atoms with Crippen LogP contribution < -0.4 is 0 Å². The van der Waals surface area contributed by atoms with Gasteiger partial charge in [0.1, 0.15) is 6.54 Å². The second-order valence-corrected chi connectivity index (χ2v) is 5.25. The first-order valence-electron chi connectivity index (χ1n) is 5.46. The van der Waals surface area contributed by atoms with Gasteiger partial charge in [-0.1, -0.05) is 18.2 Å². The maximum absolute atomic E-state index is 10.7. The smallest absolute Gasteiger partial charge is 0.325 e. The van der Waals surface area contributed by atoms with E-state index in [4.69, 9.17) is 5.11 Å². The molecule has 2 heterocycles. The number of hydrogen-bond acceptors (Lipinski definition) is 5. The van der Waals surface area contributed by atoms with Gasteiger partial charge in [0, 0.05) is 4.90 Å². The van der Waals surface area contributed by atoms with Crippen molar-refractivity contribution in [2.24, 2.45) is 0 Å². The Morgan fingerprint density at radius 3 is 3.11 bits per heavy atom. The Morgan fingerprint density at radius 1 is 1.50 bits per heavy atom. The monoisotopic (exact) mass is 262 g/mol. The molecule has 1 aromatic heterocycles. The molecule has 0 bridgehead atoms. The predicted octanol–water partition coefficient (Wildman–Crippen LogP) is 1.15. The molecular weight excluding hydrogens is 252 g/mol. The standard InChI is InChI=1S/C11H10N4O2S/c16-10(17)6-15-11(12-13-14-15)9-5-7-3-1-2-4-8(7)18-9/h1-4,9H,5-6H2,(H,16,17). The van der Waals surface area contributed by atoms with Gasteiger partial charge < -0.3 is 5.11 Å². The highest BCUT2D eigenvalue weighted by Gasteiger charge is 2.28. The third-order valence-electron chi connectivity index (χ3n) is 2.78. The molecule has 1 N–H and O–H groups in total. The zero-order valence-electron chi connectivity index (χ0n) is 9.35. The van der Waals surface area contributed by atoms with E-state index in [0.717, 1.165) is 6.42 Å². The number of hydrogen-bond donors (Lipinski definition) is 1. The van der Waals surface area contributed by atoms with Crippen LogP contribution in [0.4, 0.5) is 0 Å². The molecule has 1 atom stereocenters. The van der Waals surface area contributed by atoms with E-state index >= 15 is 0 Å². The van der Waals surface area contributed by atoms with Crippen molar-refractivity contribution in [3.05, 3.63) is 35.7 Å². The van der Waals surface area contributed by atoms with Crippen molar-refractivity contribution in [3.8, 4) is 0 Å². The fourth-order valence-corrected chi connectivity index (χ4v) is 3.31. The molecule has 1 aliphatic rings. The van der Waals surface area contributed by atoms with Gasteiger partial charge in [-0.2, -0.15) is 0 Å². The molecular formula is C11H10N4O2S. The molecule has 18 heavy (non-hydrogen) atoms. The molecule has 7 heteroatoms. The maximum atomic E-state index is 10.7. The average molecular weight is 262 g/mol. The molecule has 92 valence electrons. The summed E-state index contributed by atoms with van der Waals surface area (Å²) in [6.07, 6.45) is 0.834. The van der Waals surface area contributed by atoms with Crippen LogP contribution in [-0.4, -0.2) is 31.3 Å². The van der Waals surface area contributed by atoms with E-state index in [1.807, 2.05) is 12.1 Å². The Bertz CT molecular complexity index is 573. The Balaban J connectivity index is 1.86. The van der Waals surface area contributed by atoms with Gasteiger partial charge in [0.25, 0.3) is 0 Å². The summed E-state index contributed by atoms with van der Waals surface area (Å²) in [5.74, 6) is -0.317. The summed E-state index contributed by atoms with van der Waals surface area (Å²) in [5.41, 5.74) is 1.26. The van der Waals surface area contributed by atoms with E-state index in [-0.39, 0.29) is 11.8 Å². The van der Waals surface area contributed by atoms with Gasteiger partial charge in [-0.25, -0.2) is 4.68 Å². The zero-order valence-corrected chi connectivity index (χ0v) is 10.2. The van der Waals surface area contributed by atoms with Crippen LogP contribution in [0.3, 0.4) is 0 Å². The second kappa shape index (κ2) is 4.41. The maximum Gasteiger partial charge on any atom is 0.325 e. The summed E-state index contributed by atoms with van der Waals surface area (Å²) in [4.78, 5) is 11.9. The van der Waals surface area contributed by atoms with E-state index < -0.39 is 5.97 Å². The summed E-state index contributed by atoms with van der Waals surface area (Å²) in [5, 5.41) is 20.1. The fourth-order valence-electron chi connectivity index (χ4n) is 2.01. The van der Waals surface area contributed by atoms with Gasteiger partial charge in [0.05, 0.1) is 5.25 Å². The number of tetrazole rings is 1. The second-order valence-electron chi connectivity index (χ2n) is 4.01. The normalized spacial score (nSPS) is 17.7. The number of carboxylic acid groups (broad SMARTS) is 1. The van der Waals surface area contributed by atoms with E-state index in [0.29, 0.717) is 5.82 Å². The molecule has 1 unspecified atom stereocenters. The molecule has 0 fully saturated rings. The predicted molar refractivity (Wildman–Crippen MR) is 64.2 cm³/mol. The highest BCUT2D eigenvalue weighted by Crippen LogP contribution is 2.45. The third kappa shape index (κ3) is 1.97. The number of carboxylic acids is 1. The summed E-state index contributed by atoms with van der Waals surface area (Å²) in [6, 6.07) is 8.13. The highest BCUT2D eigenvalue weighted by atomic mass is 32.2. The Hall–Kier alpha value is -1.89. The number of thioether (sulfide) groups is 1. The Morgan fingerprint density at radius 2 is 2.33 bits per heavy atom. The van der Waals surface area contributed by atoms with Crippen LogP contribution >= 0.6 is 11.8 Å². The lowest BCUT2D eigenvalue weighted by Crippen LogP contribution is -2.15. The zero-order chi connectivity index (χ0) is 12.5. The summed E-state index contributed by atoms with van der Waals surface area (Å²) in [6.45, 7) is -0.199. The molecule has 0 saturated heterocycles. The van der Waals surface area contributed by atoms with Crippen LogP contribution in [0.15, 0.2) is 29.2 Å². The third-order valence-corrected chi connectivity index (χ3v) is 4.09. The first-order chi connectivity index (χ1) is 8.74. The van der Waals surface area contributed by atoms with Gasteiger partial charge in [-0.3, -0.25) is 4.79 Å². The van der Waals surface area contributed by atoms with Crippen molar-refractivity contribution < 1.29 is 9.90 Å². The van der Waals surface area contributed by atoms with Crippen molar-refractivity contribution in [1.29, 1.82) is 0 Å². The minimum atomic E-state index is -0.941. The van der Waals surface area contributed by atoms with Gasteiger partial charge in [-0.05, 0) is 28.5 Å². The molecule has 1 aromatic carbocycles. The molecule has 6 nitrogen and oxygen atoms in total. The highest BCUT2D eigenvalue weighted by molar-refractivity contribution is 7.99. The minimum Gasteiger partial charge on any atom is -0.480 e. The number of rotatable bonds is 3. The van der Waals surface area contributed by atoms with Gasteiger partial charge in [0.15, 0.2) is 5.82 Å². The first kappa shape index (κ1) is 11.2. The van der Waals surface area contributed by atoms with Crippen molar-refractivity contribution in [2.75, 3.05) is 0 Å². The van der Waals surface area contributed by atoms with Crippen LogP contribution in [0.2, 0.25) is 0 Å². The van der Waals surface area contributed by atoms with Crippen LogP contribution in [0, 0.1) is 0 Å². The van der Waals surface area contributed by atoms with Crippen molar-refractivity contribution in [1.82, 2.24) is 20.2 Å². The van der Waals surface area contributed by atoms with Crippen LogP contribution in [0.25, 0.3) is 0 Å². The van der Waals surface area contributed by atoms with Gasteiger partial charge in [-0.15, -0.1) is 16.9 Å². The number of fused-ring (bicyclic) bond motifs is 1. The molecule has 0 radical (unpaired) electrons. The van der Waals surface area contributed by atoms with E-state index in [2.05, 4.69) is 27.7 Å². The Labute approximate surface area is 107 Å². The Kier molecular flexibility index (Phi) is 2.75. The van der Waals surface area contributed by atoms with Crippen LogP contribution in [-0.2, 0) is 17.8 Å².